The lowest BCUT2D eigenvalue weighted by Crippen LogP contribution is -2.47. The van der Waals surface area contributed by atoms with Gasteiger partial charge in [0.05, 0.1) is 0 Å². The summed E-state index contributed by atoms with van der Waals surface area (Å²) < 4.78 is 0. The zero-order valence-corrected chi connectivity index (χ0v) is 13.6. The van der Waals surface area contributed by atoms with Crippen molar-refractivity contribution in [2.45, 2.75) is 39.5 Å². The predicted octanol–water partition coefficient (Wildman–Crippen LogP) is 3.90. The summed E-state index contributed by atoms with van der Waals surface area (Å²) in [6.45, 7) is 7.01. The van der Waals surface area contributed by atoms with Crippen LogP contribution in [-0.2, 0) is 0 Å². The van der Waals surface area contributed by atoms with E-state index in [1.54, 1.807) is 0 Å². The van der Waals surface area contributed by atoms with Gasteiger partial charge < -0.3 is 0 Å². The van der Waals surface area contributed by atoms with Crippen molar-refractivity contribution < 1.29 is 4.79 Å². The molecule has 0 N–H and O–H groups in total. The van der Waals surface area contributed by atoms with Crippen molar-refractivity contribution in [3.8, 4) is 0 Å². The molecule has 1 aromatic carbocycles. The van der Waals surface area contributed by atoms with Crippen molar-refractivity contribution >= 4 is 17.5 Å². The lowest BCUT2D eigenvalue weighted by molar-refractivity contribution is -0.00569. The van der Waals surface area contributed by atoms with Gasteiger partial charge in [-0.15, -0.1) is 0 Å². The minimum atomic E-state index is 0.102. The number of benzene rings is 1. The summed E-state index contributed by atoms with van der Waals surface area (Å²) in [5.74, 6) is 0.102. The number of halogens is 1. The highest BCUT2D eigenvalue weighted by molar-refractivity contribution is 6.31. The molecule has 1 aliphatic heterocycles. The Hall–Kier alpha value is -1.06. The van der Waals surface area contributed by atoms with E-state index in [-0.39, 0.29) is 5.91 Å². The molecule has 1 aromatic rings. The molecule has 0 spiro atoms. The fourth-order valence-electron chi connectivity index (χ4n) is 2.95. The molecule has 4 heteroatoms. The van der Waals surface area contributed by atoms with Gasteiger partial charge in [-0.3, -0.25) is 9.80 Å². The van der Waals surface area contributed by atoms with Crippen LogP contribution in [0.4, 0.5) is 0 Å². The van der Waals surface area contributed by atoms with E-state index in [1.165, 1.54) is 25.7 Å². The second-order valence-corrected chi connectivity index (χ2v) is 7.15. The van der Waals surface area contributed by atoms with E-state index in [1.807, 2.05) is 30.1 Å². The van der Waals surface area contributed by atoms with Gasteiger partial charge in [0.15, 0.2) is 0 Å². The molecule has 1 saturated carbocycles. The maximum absolute atomic E-state index is 13.0. The van der Waals surface area contributed by atoms with Crippen LogP contribution in [0.15, 0.2) is 18.2 Å². The summed E-state index contributed by atoms with van der Waals surface area (Å²) in [4.78, 5) is 13.0. The van der Waals surface area contributed by atoms with Gasteiger partial charge in [0.25, 0.3) is 5.91 Å². The molecule has 2 aliphatic rings. The Morgan fingerprint density at radius 3 is 2.62 bits per heavy atom. The largest absolute Gasteiger partial charge is 0.271 e. The van der Waals surface area contributed by atoms with E-state index >= 15 is 0 Å². The average Bonchev–Trinajstić information content (AvgIpc) is 2.97. The van der Waals surface area contributed by atoms with Crippen LogP contribution in [0.2, 0.25) is 5.02 Å². The van der Waals surface area contributed by atoms with Crippen LogP contribution >= 0.6 is 11.6 Å². The highest BCUT2D eigenvalue weighted by atomic mass is 35.5. The Labute approximate surface area is 131 Å². The first-order chi connectivity index (χ1) is 10.0. The summed E-state index contributed by atoms with van der Waals surface area (Å²) in [5, 5.41) is 4.88. The monoisotopic (exact) mass is 306 g/mol. The highest BCUT2D eigenvalue weighted by Crippen LogP contribution is 2.46. The first-order valence-corrected chi connectivity index (χ1v) is 8.20. The number of rotatable bonds is 4. The lowest BCUT2D eigenvalue weighted by Gasteiger charge is -2.34. The third kappa shape index (κ3) is 3.09. The molecule has 3 rings (SSSR count). The minimum absolute atomic E-state index is 0.102. The Bertz CT molecular complexity index is 548. The van der Waals surface area contributed by atoms with Gasteiger partial charge in [0, 0.05) is 30.2 Å². The van der Waals surface area contributed by atoms with Crippen molar-refractivity contribution in [2.75, 3.05) is 19.6 Å². The summed E-state index contributed by atoms with van der Waals surface area (Å²) in [6.07, 6.45) is 4.79. The van der Waals surface area contributed by atoms with Crippen LogP contribution in [0.25, 0.3) is 0 Å². The van der Waals surface area contributed by atoms with E-state index < -0.39 is 0 Å². The fourth-order valence-corrected chi connectivity index (χ4v) is 3.13. The molecular weight excluding hydrogens is 284 g/mol. The van der Waals surface area contributed by atoms with Crippen molar-refractivity contribution in [2.24, 2.45) is 5.41 Å². The Balaban J connectivity index is 1.87. The van der Waals surface area contributed by atoms with Crippen molar-refractivity contribution in [3.63, 3.8) is 0 Å². The van der Waals surface area contributed by atoms with E-state index in [2.05, 4.69) is 11.9 Å². The molecule has 0 bridgehead atoms. The number of hydrogen-bond donors (Lipinski definition) is 0. The number of hydrogen-bond acceptors (Lipinski definition) is 2. The Morgan fingerprint density at radius 1 is 1.33 bits per heavy atom. The Kier molecular flexibility index (Phi) is 3.98. The van der Waals surface area contributed by atoms with Gasteiger partial charge in [-0.25, -0.2) is 5.01 Å². The van der Waals surface area contributed by atoms with Gasteiger partial charge in [-0.1, -0.05) is 24.6 Å². The third-order valence-electron chi connectivity index (χ3n) is 4.79. The smallest absolute Gasteiger partial charge is 0.268 e. The average molecular weight is 307 g/mol. The first kappa shape index (κ1) is 14.9. The van der Waals surface area contributed by atoms with Crippen LogP contribution in [-0.4, -0.2) is 35.6 Å². The molecule has 114 valence electrons. The molecule has 1 saturated heterocycles. The van der Waals surface area contributed by atoms with Crippen LogP contribution in [0.1, 0.15) is 48.5 Å². The number of carbonyl (C=O) groups is 1. The predicted molar refractivity (Wildman–Crippen MR) is 85.4 cm³/mol. The zero-order valence-electron chi connectivity index (χ0n) is 12.9. The molecule has 1 heterocycles. The molecule has 2 fully saturated rings. The second-order valence-electron chi connectivity index (χ2n) is 6.75. The molecular formula is C17H23ClN2O. The van der Waals surface area contributed by atoms with Crippen molar-refractivity contribution in [1.82, 2.24) is 10.0 Å². The molecule has 0 unspecified atom stereocenters. The fraction of sp³-hybridized carbons (Fsp3) is 0.588. The summed E-state index contributed by atoms with van der Waals surface area (Å²) in [6, 6.07) is 5.60. The van der Waals surface area contributed by atoms with Crippen molar-refractivity contribution in [1.29, 1.82) is 0 Å². The molecule has 0 atom stereocenters. The van der Waals surface area contributed by atoms with E-state index in [4.69, 9.17) is 11.6 Å². The summed E-state index contributed by atoms with van der Waals surface area (Å²) in [5.41, 5.74) is 1.93. The number of carbonyl (C=O) groups excluding carboxylic acids is 1. The number of nitrogens with zero attached hydrogens (tertiary/aromatic N) is 2. The van der Waals surface area contributed by atoms with Gasteiger partial charge >= 0.3 is 0 Å². The molecule has 3 nitrogen and oxygen atoms in total. The quantitative estimate of drug-likeness (QED) is 0.842. The van der Waals surface area contributed by atoms with Crippen LogP contribution in [0.5, 0.6) is 0 Å². The third-order valence-corrected chi connectivity index (χ3v) is 5.20. The number of hydrazine groups is 1. The van der Waals surface area contributed by atoms with Gasteiger partial charge in [-0.05, 0) is 55.7 Å². The zero-order chi connectivity index (χ0) is 15.0. The van der Waals surface area contributed by atoms with Gasteiger partial charge in [-0.2, -0.15) is 0 Å². The topological polar surface area (TPSA) is 23.6 Å². The lowest BCUT2D eigenvalue weighted by atomic mass is 10.1. The maximum atomic E-state index is 13.0. The molecule has 0 radical (unpaired) electrons. The standard InChI is InChI=1S/C17H23ClN2O/c1-13-14(6-5-7-15(13)18)16(21)20(12-17(2)8-9-17)19-10-3-4-11-19/h5-7H,3-4,8-12H2,1-2H3. The Morgan fingerprint density at radius 2 is 2.00 bits per heavy atom. The van der Waals surface area contributed by atoms with Gasteiger partial charge in [0.2, 0.25) is 0 Å². The summed E-state index contributed by atoms with van der Waals surface area (Å²) in [7, 11) is 0. The van der Waals surface area contributed by atoms with Crippen LogP contribution in [0, 0.1) is 12.3 Å². The highest BCUT2D eigenvalue weighted by Gasteiger charge is 2.42. The van der Waals surface area contributed by atoms with E-state index in [9.17, 15) is 4.79 Å². The molecule has 21 heavy (non-hydrogen) atoms. The van der Waals surface area contributed by atoms with Crippen LogP contribution < -0.4 is 0 Å². The molecule has 0 aromatic heterocycles. The van der Waals surface area contributed by atoms with Gasteiger partial charge in [0.1, 0.15) is 0 Å². The van der Waals surface area contributed by atoms with E-state index in [0.717, 1.165) is 30.8 Å². The number of amides is 1. The van der Waals surface area contributed by atoms with E-state index in [0.29, 0.717) is 10.4 Å². The SMILES string of the molecule is Cc1c(Cl)cccc1C(=O)N(CC1(C)CC1)N1CCCC1. The van der Waals surface area contributed by atoms with Crippen molar-refractivity contribution in [3.05, 3.63) is 34.3 Å². The molecule has 1 aliphatic carbocycles. The first-order valence-electron chi connectivity index (χ1n) is 7.82. The summed E-state index contributed by atoms with van der Waals surface area (Å²) >= 11 is 6.18. The second kappa shape index (κ2) is 5.62. The minimum Gasteiger partial charge on any atom is -0.271 e. The normalized spacial score (nSPS) is 20.5. The molecule has 1 amide bonds. The maximum Gasteiger partial charge on any atom is 0.268 e. The van der Waals surface area contributed by atoms with Crippen LogP contribution in [0.3, 0.4) is 0 Å².